The SMILES string of the molecule is COc1ccc(-c2nc3ccc(Cl)cc3c3c2c(=O)n(C)c(=O)n3C)cc1OC. The van der Waals surface area contributed by atoms with Gasteiger partial charge >= 0.3 is 5.69 Å². The molecule has 0 saturated heterocycles. The van der Waals surface area contributed by atoms with Crippen LogP contribution < -0.4 is 20.7 Å². The van der Waals surface area contributed by atoms with Gasteiger partial charge in [0, 0.05) is 30.1 Å². The van der Waals surface area contributed by atoms with Crippen molar-refractivity contribution in [3.05, 3.63) is 62.3 Å². The van der Waals surface area contributed by atoms with Gasteiger partial charge in [-0.2, -0.15) is 0 Å². The van der Waals surface area contributed by atoms with Crippen molar-refractivity contribution in [1.82, 2.24) is 14.1 Å². The summed E-state index contributed by atoms with van der Waals surface area (Å²) in [6.45, 7) is 0. The Morgan fingerprint density at radius 3 is 2.34 bits per heavy atom. The number of rotatable bonds is 3. The van der Waals surface area contributed by atoms with E-state index in [-0.39, 0.29) is 0 Å². The van der Waals surface area contributed by atoms with Gasteiger partial charge in [-0.05, 0) is 36.4 Å². The molecule has 0 radical (unpaired) electrons. The van der Waals surface area contributed by atoms with Gasteiger partial charge in [0.25, 0.3) is 5.56 Å². The first kappa shape index (κ1) is 19.0. The summed E-state index contributed by atoms with van der Waals surface area (Å²) in [6.07, 6.45) is 0. The van der Waals surface area contributed by atoms with Crippen LogP contribution in [0.1, 0.15) is 0 Å². The Morgan fingerprint density at radius 1 is 0.931 bits per heavy atom. The number of ether oxygens (including phenoxy) is 2. The molecule has 0 aliphatic rings. The van der Waals surface area contributed by atoms with E-state index in [4.69, 9.17) is 26.1 Å². The third-order valence-corrected chi connectivity index (χ3v) is 5.24. The lowest BCUT2D eigenvalue weighted by Gasteiger charge is -2.15. The number of benzene rings is 2. The minimum Gasteiger partial charge on any atom is -0.493 e. The average Bonchev–Trinajstić information content (AvgIpc) is 2.74. The molecule has 8 heteroatoms. The molecule has 0 saturated carbocycles. The van der Waals surface area contributed by atoms with Gasteiger partial charge in [-0.15, -0.1) is 0 Å². The molecule has 0 amide bonds. The van der Waals surface area contributed by atoms with Crippen molar-refractivity contribution in [2.24, 2.45) is 14.1 Å². The van der Waals surface area contributed by atoms with Gasteiger partial charge in [-0.1, -0.05) is 11.6 Å². The summed E-state index contributed by atoms with van der Waals surface area (Å²) in [5.74, 6) is 1.08. The van der Waals surface area contributed by atoms with Gasteiger partial charge in [0.1, 0.15) is 0 Å². The van der Waals surface area contributed by atoms with Crippen molar-refractivity contribution in [2.45, 2.75) is 0 Å². The van der Waals surface area contributed by atoms with Crippen LogP contribution in [0, 0.1) is 0 Å². The zero-order chi connectivity index (χ0) is 20.9. The standard InChI is InChI=1S/C21H18ClN3O4/c1-24-19-13-10-12(22)6-7-14(13)23-18(17(19)20(26)25(2)21(24)27)11-5-8-15(28-3)16(9-11)29-4/h5-10H,1-4H3. The lowest BCUT2D eigenvalue weighted by Crippen LogP contribution is -2.37. The highest BCUT2D eigenvalue weighted by Crippen LogP contribution is 2.35. The minimum atomic E-state index is -0.428. The topological polar surface area (TPSA) is 75.4 Å². The quantitative estimate of drug-likeness (QED) is 0.484. The molecular weight excluding hydrogens is 394 g/mol. The molecule has 2 aromatic carbocycles. The molecule has 0 atom stereocenters. The van der Waals surface area contributed by atoms with Crippen LogP contribution in [0.15, 0.2) is 46.0 Å². The Hall–Kier alpha value is -3.32. The van der Waals surface area contributed by atoms with Crippen molar-refractivity contribution < 1.29 is 9.47 Å². The highest BCUT2D eigenvalue weighted by molar-refractivity contribution is 6.31. The monoisotopic (exact) mass is 411 g/mol. The van der Waals surface area contributed by atoms with Gasteiger partial charge in [0.05, 0.1) is 36.3 Å². The zero-order valence-corrected chi connectivity index (χ0v) is 17.1. The van der Waals surface area contributed by atoms with Gasteiger partial charge in [-0.25, -0.2) is 9.78 Å². The molecule has 2 heterocycles. The molecule has 0 spiro atoms. The molecule has 29 heavy (non-hydrogen) atoms. The number of hydrogen-bond donors (Lipinski definition) is 0. The van der Waals surface area contributed by atoms with Crippen LogP contribution in [0.4, 0.5) is 0 Å². The number of aromatic nitrogens is 3. The van der Waals surface area contributed by atoms with E-state index < -0.39 is 11.2 Å². The number of hydrogen-bond acceptors (Lipinski definition) is 5. The summed E-state index contributed by atoms with van der Waals surface area (Å²) in [5, 5.41) is 1.46. The van der Waals surface area contributed by atoms with Crippen molar-refractivity contribution in [3.63, 3.8) is 0 Å². The van der Waals surface area contributed by atoms with E-state index >= 15 is 0 Å². The van der Waals surface area contributed by atoms with Crippen LogP contribution in [-0.4, -0.2) is 28.3 Å². The first-order valence-corrected chi connectivity index (χ1v) is 9.16. The summed E-state index contributed by atoms with van der Waals surface area (Å²) in [5.41, 5.74) is 1.37. The Labute approximate surface area is 170 Å². The fourth-order valence-electron chi connectivity index (χ4n) is 3.54. The molecule has 2 aromatic heterocycles. The van der Waals surface area contributed by atoms with E-state index in [9.17, 15) is 9.59 Å². The molecule has 7 nitrogen and oxygen atoms in total. The van der Waals surface area contributed by atoms with E-state index in [0.717, 1.165) is 4.57 Å². The van der Waals surface area contributed by atoms with Crippen molar-refractivity contribution in [2.75, 3.05) is 14.2 Å². The molecule has 0 aliphatic carbocycles. The van der Waals surface area contributed by atoms with Crippen LogP contribution in [0.2, 0.25) is 5.02 Å². The molecule has 148 valence electrons. The second kappa shape index (κ2) is 6.93. The lowest BCUT2D eigenvalue weighted by molar-refractivity contribution is 0.355. The van der Waals surface area contributed by atoms with Crippen LogP contribution in [-0.2, 0) is 14.1 Å². The normalized spacial score (nSPS) is 11.2. The Morgan fingerprint density at radius 2 is 1.66 bits per heavy atom. The predicted molar refractivity (Wildman–Crippen MR) is 113 cm³/mol. The number of methoxy groups -OCH3 is 2. The first-order valence-electron chi connectivity index (χ1n) is 8.78. The molecule has 0 unspecified atom stereocenters. The third-order valence-electron chi connectivity index (χ3n) is 5.00. The minimum absolute atomic E-state index is 0.330. The number of nitrogens with zero attached hydrogens (tertiary/aromatic N) is 3. The van der Waals surface area contributed by atoms with Crippen molar-refractivity contribution >= 4 is 33.4 Å². The molecule has 0 N–H and O–H groups in total. The van der Waals surface area contributed by atoms with Crippen molar-refractivity contribution in [1.29, 1.82) is 0 Å². The summed E-state index contributed by atoms with van der Waals surface area (Å²) >= 11 is 6.18. The Balaban J connectivity index is 2.24. The number of aryl methyl sites for hydroxylation is 1. The Kier molecular flexibility index (Phi) is 4.55. The summed E-state index contributed by atoms with van der Waals surface area (Å²) in [4.78, 5) is 30.5. The van der Waals surface area contributed by atoms with Crippen LogP contribution in [0.5, 0.6) is 11.5 Å². The summed E-state index contributed by atoms with van der Waals surface area (Å²) in [7, 11) is 6.17. The highest BCUT2D eigenvalue weighted by Gasteiger charge is 2.19. The van der Waals surface area contributed by atoms with E-state index in [1.54, 1.807) is 50.6 Å². The van der Waals surface area contributed by atoms with Crippen LogP contribution in [0.25, 0.3) is 33.1 Å². The van der Waals surface area contributed by atoms with Crippen LogP contribution in [0.3, 0.4) is 0 Å². The number of halogens is 1. The first-order chi connectivity index (χ1) is 13.9. The maximum Gasteiger partial charge on any atom is 0.330 e. The average molecular weight is 412 g/mol. The lowest BCUT2D eigenvalue weighted by atomic mass is 10.0. The van der Waals surface area contributed by atoms with Crippen LogP contribution >= 0.6 is 11.6 Å². The molecule has 4 rings (SSSR count). The van der Waals surface area contributed by atoms with Gasteiger partial charge in [0.2, 0.25) is 0 Å². The molecule has 4 aromatic rings. The molecule has 0 aliphatic heterocycles. The Bertz CT molecular complexity index is 1410. The fourth-order valence-corrected chi connectivity index (χ4v) is 3.71. The van der Waals surface area contributed by atoms with Gasteiger partial charge < -0.3 is 9.47 Å². The van der Waals surface area contributed by atoms with E-state index in [2.05, 4.69) is 0 Å². The molecule has 0 bridgehead atoms. The third kappa shape index (κ3) is 2.86. The maximum absolute atomic E-state index is 13.1. The smallest absolute Gasteiger partial charge is 0.330 e. The predicted octanol–water partition coefficient (Wildman–Crippen LogP) is 3.12. The second-order valence-electron chi connectivity index (χ2n) is 6.62. The second-order valence-corrected chi connectivity index (χ2v) is 7.06. The largest absolute Gasteiger partial charge is 0.493 e. The van der Waals surface area contributed by atoms with E-state index in [1.165, 1.54) is 18.7 Å². The van der Waals surface area contributed by atoms with E-state index in [1.807, 2.05) is 0 Å². The summed E-state index contributed by atoms with van der Waals surface area (Å²) in [6, 6.07) is 10.5. The fraction of sp³-hybridized carbons (Fsp3) is 0.190. The van der Waals surface area contributed by atoms with Gasteiger partial charge in [0.15, 0.2) is 11.5 Å². The van der Waals surface area contributed by atoms with E-state index in [0.29, 0.717) is 49.6 Å². The molecular formula is C21H18ClN3O4. The summed E-state index contributed by atoms with van der Waals surface area (Å²) < 4.78 is 13.2. The van der Waals surface area contributed by atoms with Gasteiger partial charge in [-0.3, -0.25) is 13.9 Å². The number of pyridine rings is 1. The van der Waals surface area contributed by atoms with Crippen molar-refractivity contribution in [3.8, 4) is 22.8 Å². The number of fused-ring (bicyclic) bond motifs is 3. The molecule has 0 fully saturated rings. The zero-order valence-electron chi connectivity index (χ0n) is 16.3. The highest BCUT2D eigenvalue weighted by atomic mass is 35.5. The maximum atomic E-state index is 13.1.